The van der Waals surface area contributed by atoms with Gasteiger partial charge in [0.25, 0.3) is 0 Å². The van der Waals surface area contributed by atoms with E-state index in [0.29, 0.717) is 13.0 Å². The predicted octanol–water partition coefficient (Wildman–Crippen LogP) is 3.80. The van der Waals surface area contributed by atoms with Crippen molar-refractivity contribution < 1.29 is 4.74 Å². The molecule has 0 aliphatic heterocycles. The van der Waals surface area contributed by atoms with Crippen LogP contribution in [0, 0.1) is 25.2 Å². The van der Waals surface area contributed by atoms with Crippen LogP contribution < -0.4 is 10.5 Å². The fourth-order valence-electron chi connectivity index (χ4n) is 2.37. The largest absolute Gasteiger partial charge is 0.488 e. The molecular weight excluding hydrogens is 260 g/mol. The van der Waals surface area contributed by atoms with Gasteiger partial charge < -0.3 is 10.5 Å². The summed E-state index contributed by atoms with van der Waals surface area (Å²) in [5.41, 5.74) is 10.2. The molecule has 3 heteroatoms. The second-order valence-electron chi connectivity index (χ2n) is 5.23. The molecule has 2 aromatic carbocycles. The Morgan fingerprint density at radius 2 is 1.76 bits per heavy atom. The Labute approximate surface area is 126 Å². The van der Waals surface area contributed by atoms with Crippen molar-refractivity contribution in [3.8, 4) is 11.8 Å². The summed E-state index contributed by atoms with van der Waals surface area (Å²) in [5.74, 6) is 0.895. The molecule has 0 aliphatic rings. The van der Waals surface area contributed by atoms with Gasteiger partial charge in [0.15, 0.2) is 0 Å². The van der Waals surface area contributed by atoms with Crippen molar-refractivity contribution in [3.63, 3.8) is 0 Å². The van der Waals surface area contributed by atoms with Gasteiger partial charge in [-0.3, -0.25) is 0 Å². The number of aryl methyl sites for hydroxylation is 2. The summed E-state index contributed by atoms with van der Waals surface area (Å²) in [7, 11) is 0. The van der Waals surface area contributed by atoms with Crippen molar-refractivity contribution in [1.82, 2.24) is 0 Å². The number of hydrogen-bond acceptors (Lipinski definition) is 3. The van der Waals surface area contributed by atoms with E-state index in [2.05, 4.69) is 6.07 Å². The molecule has 0 fully saturated rings. The highest BCUT2D eigenvalue weighted by molar-refractivity contribution is 5.44. The van der Waals surface area contributed by atoms with Crippen LogP contribution in [0.25, 0.3) is 0 Å². The minimum absolute atomic E-state index is 0.240. The number of hydrogen-bond donors (Lipinski definition) is 1. The number of nitrogens with zero attached hydrogens (tertiary/aromatic N) is 1. The van der Waals surface area contributed by atoms with Gasteiger partial charge in [0.1, 0.15) is 12.4 Å². The molecule has 2 aromatic rings. The van der Waals surface area contributed by atoms with Gasteiger partial charge in [0, 0.05) is 6.04 Å². The van der Waals surface area contributed by atoms with E-state index < -0.39 is 0 Å². The first kappa shape index (κ1) is 15.1. The van der Waals surface area contributed by atoms with E-state index in [4.69, 9.17) is 15.7 Å². The molecule has 0 spiro atoms. The average molecular weight is 280 g/mol. The van der Waals surface area contributed by atoms with Gasteiger partial charge in [-0.2, -0.15) is 5.26 Å². The van der Waals surface area contributed by atoms with E-state index >= 15 is 0 Å². The molecule has 0 aromatic heterocycles. The lowest BCUT2D eigenvalue weighted by atomic mass is 9.99. The minimum Gasteiger partial charge on any atom is -0.488 e. The molecule has 2 N–H and O–H groups in total. The van der Waals surface area contributed by atoms with Crippen molar-refractivity contribution >= 4 is 0 Å². The van der Waals surface area contributed by atoms with Crippen LogP contribution in [-0.2, 0) is 6.61 Å². The van der Waals surface area contributed by atoms with Gasteiger partial charge in [-0.25, -0.2) is 0 Å². The van der Waals surface area contributed by atoms with Gasteiger partial charge in [-0.15, -0.1) is 0 Å². The molecule has 0 saturated heterocycles. The van der Waals surface area contributed by atoms with Crippen LogP contribution in [0.1, 0.15) is 34.7 Å². The van der Waals surface area contributed by atoms with E-state index in [9.17, 15) is 0 Å². The number of nitriles is 1. The van der Waals surface area contributed by atoms with Crippen molar-refractivity contribution in [3.05, 3.63) is 64.7 Å². The average Bonchev–Trinajstić information content (AvgIpc) is 2.47. The number of ether oxygens (including phenoxy) is 1. The Hall–Kier alpha value is -2.31. The number of benzene rings is 2. The van der Waals surface area contributed by atoms with E-state index in [0.717, 1.165) is 28.0 Å². The summed E-state index contributed by atoms with van der Waals surface area (Å²) < 4.78 is 5.94. The summed E-state index contributed by atoms with van der Waals surface area (Å²) in [6, 6.07) is 16.0. The molecule has 3 nitrogen and oxygen atoms in total. The second kappa shape index (κ2) is 6.92. The molecule has 0 heterocycles. The van der Waals surface area contributed by atoms with Crippen molar-refractivity contribution in [2.45, 2.75) is 32.9 Å². The van der Waals surface area contributed by atoms with E-state index in [1.807, 2.05) is 56.3 Å². The van der Waals surface area contributed by atoms with Crippen LogP contribution >= 0.6 is 0 Å². The fraction of sp³-hybridized carbons (Fsp3) is 0.278. The first-order chi connectivity index (χ1) is 10.1. The van der Waals surface area contributed by atoms with Crippen LogP contribution in [0.2, 0.25) is 0 Å². The van der Waals surface area contributed by atoms with Gasteiger partial charge in [-0.05, 0) is 36.1 Å². The third kappa shape index (κ3) is 3.84. The zero-order chi connectivity index (χ0) is 15.2. The first-order valence-corrected chi connectivity index (χ1v) is 7.02. The van der Waals surface area contributed by atoms with Gasteiger partial charge in [-0.1, -0.05) is 42.5 Å². The maximum atomic E-state index is 8.75. The molecule has 0 radical (unpaired) electrons. The van der Waals surface area contributed by atoms with Gasteiger partial charge in [0.2, 0.25) is 0 Å². The highest BCUT2D eigenvalue weighted by Crippen LogP contribution is 2.28. The van der Waals surface area contributed by atoms with Crippen molar-refractivity contribution in [2.75, 3.05) is 0 Å². The predicted molar refractivity (Wildman–Crippen MR) is 83.8 cm³/mol. The van der Waals surface area contributed by atoms with Crippen LogP contribution in [0.5, 0.6) is 5.75 Å². The summed E-state index contributed by atoms with van der Waals surface area (Å²) >= 11 is 0. The molecule has 0 saturated carbocycles. The van der Waals surface area contributed by atoms with Crippen LogP contribution in [0.4, 0.5) is 0 Å². The normalized spacial score (nSPS) is 11.7. The number of rotatable bonds is 5. The summed E-state index contributed by atoms with van der Waals surface area (Å²) in [6.45, 7) is 4.57. The molecular formula is C18H20N2O. The highest BCUT2D eigenvalue weighted by Gasteiger charge is 2.11. The third-order valence-corrected chi connectivity index (χ3v) is 3.45. The topological polar surface area (TPSA) is 59.0 Å². The lowest BCUT2D eigenvalue weighted by molar-refractivity contribution is 0.302. The number of nitrogens with two attached hydrogens (primary N) is 1. The molecule has 2 rings (SSSR count). The summed E-state index contributed by atoms with van der Waals surface area (Å²) in [6.07, 6.45) is 0.323. The minimum atomic E-state index is -0.240. The SMILES string of the molecule is Cc1cc([C@@H](N)CC#N)cc(C)c1OCc1ccccc1. The standard InChI is InChI=1S/C18H20N2O/c1-13-10-16(17(20)8-9-19)11-14(2)18(13)21-12-15-6-4-3-5-7-15/h3-7,10-11,17H,8,12,20H2,1-2H3/t17-/m0/s1. The molecule has 0 aliphatic carbocycles. The first-order valence-electron chi connectivity index (χ1n) is 7.02. The van der Waals surface area contributed by atoms with E-state index in [1.165, 1.54) is 0 Å². The third-order valence-electron chi connectivity index (χ3n) is 3.45. The Kier molecular flexibility index (Phi) is 4.97. The van der Waals surface area contributed by atoms with Crippen LogP contribution in [0.3, 0.4) is 0 Å². The zero-order valence-corrected chi connectivity index (χ0v) is 12.5. The lowest BCUT2D eigenvalue weighted by Crippen LogP contribution is -2.10. The maximum absolute atomic E-state index is 8.75. The Morgan fingerprint density at radius 1 is 1.14 bits per heavy atom. The molecule has 0 bridgehead atoms. The smallest absolute Gasteiger partial charge is 0.125 e. The van der Waals surface area contributed by atoms with Crippen molar-refractivity contribution in [2.24, 2.45) is 5.73 Å². The summed E-state index contributed by atoms with van der Waals surface area (Å²) in [5, 5.41) is 8.75. The monoisotopic (exact) mass is 280 g/mol. The molecule has 0 unspecified atom stereocenters. The zero-order valence-electron chi connectivity index (χ0n) is 12.5. The van der Waals surface area contributed by atoms with Crippen LogP contribution in [0.15, 0.2) is 42.5 Å². The summed E-state index contributed by atoms with van der Waals surface area (Å²) in [4.78, 5) is 0. The molecule has 108 valence electrons. The molecule has 1 atom stereocenters. The van der Waals surface area contributed by atoms with Crippen molar-refractivity contribution in [1.29, 1.82) is 5.26 Å². The highest BCUT2D eigenvalue weighted by atomic mass is 16.5. The Morgan fingerprint density at radius 3 is 2.33 bits per heavy atom. The Balaban J connectivity index is 2.16. The van der Waals surface area contributed by atoms with Crippen LogP contribution in [-0.4, -0.2) is 0 Å². The molecule has 21 heavy (non-hydrogen) atoms. The second-order valence-corrected chi connectivity index (χ2v) is 5.23. The van der Waals surface area contributed by atoms with Gasteiger partial charge >= 0.3 is 0 Å². The van der Waals surface area contributed by atoms with E-state index in [1.54, 1.807) is 0 Å². The quantitative estimate of drug-likeness (QED) is 0.906. The maximum Gasteiger partial charge on any atom is 0.125 e. The lowest BCUT2D eigenvalue weighted by Gasteiger charge is -2.16. The fourth-order valence-corrected chi connectivity index (χ4v) is 2.37. The Bertz CT molecular complexity index is 621. The molecule has 0 amide bonds. The van der Waals surface area contributed by atoms with E-state index in [-0.39, 0.29) is 6.04 Å². The van der Waals surface area contributed by atoms with Gasteiger partial charge in [0.05, 0.1) is 12.5 Å².